The number of aromatic nitrogens is 2. The molecule has 1 rings (SSSR count). The molecule has 2 atom stereocenters. The van der Waals surface area contributed by atoms with E-state index < -0.39 is 0 Å². The lowest BCUT2D eigenvalue weighted by Gasteiger charge is -2.19. The van der Waals surface area contributed by atoms with Gasteiger partial charge in [-0.2, -0.15) is 5.10 Å². The van der Waals surface area contributed by atoms with Crippen LogP contribution in [0.5, 0.6) is 0 Å². The molecule has 0 aliphatic carbocycles. The van der Waals surface area contributed by atoms with Gasteiger partial charge in [0.25, 0.3) is 0 Å². The summed E-state index contributed by atoms with van der Waals surface area (Å²) >= 11 is 0. The molecule has 2 unspecified atom stereocenters. The third-order valence-electron chi connectivity index (χ3n) is 2.45. The first-order valence-electron chi connectivity index (χ1n) is 4.88. The van der Waals surface area contributed by atoms with Crippen molar-refractivity contribution in [3.8, 4) is 0 Å². The lowest BCUT2D eigenvalue weighted by molar-refractivity contribution is 0.0881. The molecule has 4 nitrogen and oxygen atoms in total. The monoisotopic (exact) mass is 197 g/mol. The van der Waals surface area contributed by atoms with E-state index in [-0.39, 0.29) is 6.10 Å². The number of nitrogens with one attached hydrogen (secondary N) is 1. The Morgan fingerprint density at radius 3 is 2.79 bits per heavy atom. The summed E-state index contributed by atoms with van der Waals surface area (Å²) < 4.78 is 7.02. The van der Waals surface area contributed by atoms with Gasteiger partial charge in [0, 0.05) is 32.9 Å². The van der Waals surface area contributed by atoms with E-state index >= 15 is 0 Å². The molecule has 0 radical (unpaired) electrons. The molecule has 0 aliphatic heterocycles. The third kappa shape index (κ3) is 3.12. The first-order chi connectivity index (χ1) is 6.63. The highest BCUT2D eigenvalue weighted by Crippen LogP contribution is 1.99. The number of methoxy groups -OCH3 is 1. The first kappa shape index (κ1) is 11.2. The van der Waals surface area contributed by atoms with E-state index in [0.29, 0.717) is 6.04 Å². The van der Waals surface area contributed by atoms with Gasteiger partial charge in [-0.05, 0) is 19.9 Å². The van der Waals surface area contributed by atoms with Crippen molar-refractivity contribution >= 4 is 0 Å². The van der Waals surface area contributed by atoms with Crippen molar-refractivity contribution in [3.05, 3.63) is 18.0 Å². The maximum atomic E-state index is 5.22. The molecule has 1 heterocycles. The molecule has 0 saturated carbocycles. The van der Waals surface area contributed by atoms with Gasteiger partial charge in [0.05, 0.1) is 11.8 Å². The summed E-state index contributed by atoms with van der Waals surface area (Å²) in [7, 11) is 3.65. The van der Waals surface area contributed by atoms with Crippen LogP contribution in [0.2, 0.25) is 0 Å². The summed E-state index contributed by atoms with van der Waals surface area (Å²) in [6.45, 7) is 4.95. The highest BCUT2D eigenvalue weighted by Gasteiger charge is 2.10. The quantitative estimate of drug-likeness (QED) is 0.763. The van der Waals surface area contributed by atoms with Crippen molar-refractivity contribution in [2.24, 2.45) is 7.05 Å². The van der Waals surface area contributed by atoms with Gasteiger partial charge in [-0.15, -0.1) is 0 Å². The summed E-state index contributed by atoms with van der Waals surface area (Å²) in [5, 5.41) is 7.64. The molecule has 4 heteroatoms. The number of ether oxygens (including phenoxy) is 1. The molecule has 0 aliphatic rings. The Morgan fingerprint density at radius 1 is 1.57 bits per heavy atom. The Morgan fingerprint density at radius 2 is 2.29 bits per heavy atom. The zero-order valence-corrected chi connectivity index (χ0v) is 9.32. The summed E-state index contributed by atoms with van der Waals surface area (Å²) in [6.07, 6.45) is 2.17. The van der Waals surface area contributed by atoms with Crippen LogP contribution in [0, 0.1) is 0 Å². The lowest BCUT2D eigenvalue weighted by Crippen LogP contribution is -2.36. The van der Waals surface area contributed by atoms with Crippen LogP contribution in [0.25, 0.3) is 0 Å². The largest absolute Gasteiger partial charge is 0.380 e. The molecule has 80 valence electrons. The van der Waals surface area contributed by atoms with Crippen LogP contribution >= 0.6 is 0 Å². The molecule has 1 aromatic heterocycles. The van der Waals surface area contributed by atoms with E-state index in [1.165, 1.54) is 0 Å². The molecular weight excluding hydrogens is 178 g/mol. The second-order valence-corrected chi connectivity index (χ2v) is 3.59. The van der Waals surface area contributed by atoms with Gasteiger partial charge < -0.3 is 10.1 Å². The van der Waals surface area contributed by atoms with E-state index in [0.717, 1.165) is 12.2 Å². The fraction of sp³-hybridized carbons (Fsp3) is 0.700. The fourth-order valence-electron chi connectivity index (χ4n) is 1.19. The van der Waals surface area contributed by atoms with Gasteiger partial charge in [0.2, 0.25) is 0 Å². The molecule has 0 amide bonds. The predicted molar refractivity (Wildman–Crippen MR) is 56.0 cm³/mol. The Bertz CT molecular complexity index is 272. The first-order valence-corrected chi connectivity index (χ1v) is 4.88. The molecular formula is C10H19N3O. The summed E-state index contributed by atoms with van der Waals surface area (Å²) in [4.78, 5) is 0. The molecule has 0 aromatic carbocycles. The van der Waals surface area contributed by atoms with Crippen molar-refractivity contribution < 1.29 is 4.74 Å². The van der Waals surface area contributed by atoms with Gasteiger partial charge >= 0.3 is 0 Å². The number of rotatable bonds is 5. The van der Waals surface area contributed by atoms with Crippen LogP contribution in [-0.4, -0.2) is 29.0 Å². The molecule has 0 saturated heterocycles. The smallest absolute Gasteiger partial charge is 0.0762 e. The molecule has 14 heavy (non-hydrogen) atoms. The topological polar surface area (TPSA) is 39.1 Å². The number of hydrogen-bond donors (Lipinski definition) is 1. The predicted octanol–water partition coefficient (Wildman–Crippen LogP) is 0.933. The Kier molecular flexibility index (Phi) is 4.10. The number of nitrogens with zero attached hydrogens (tertiary/aromatic N) is 2. The Labute approximate surface area is 85.3 Å². The molecule has 1 N–H and O–H groups in total. The molecule has 1 aromatic rings. The standard InChI is InChI=1S/C10H19N3O/c1-8(9(2)14-4)11-7-10-5-6-13(3)12-10/h5-6,8-9,11H,7H2,1-4H3. The number of hydrogen-bond acceptors (Lipinski definition) is 3. The maximum absolute atomic E-state index is 5.22. The summed E-state index contributed by atoms with van der Waals surface area (Å²) in [5.41, 5.74) is 1.06. The van der Waals surface area contributed by atoms with Crippen LogP contribution in [0.15, 0.2) is 12.3 Å². The van der Waals surface area contributed by atoms with Gasteiger partial charge in [-0.1, -0.05) is 0 Å². The van der Waals surface area contributed by atoms with Crippen LogP contribution < -0.4 is 5.32 Å². The Hall–Kier alpha value is -0.870. The lowest BCUT2D eigenvalue weighted by atomic mass is 10.2. The minimum absolute atomic E-state index is 0.221. The van der Waals surface area contributed by atoms with Crippen LogP contribution in [0.1, 0.15) is 19.5 Å². The average molecular weight is 197 g/mol. The van der Waals surface area contributed by atoms with Gasteiger partial charge in [0.1, 0.15) is 0 Å². The molecule has 0 spiro atoms. The van der Waals surface area contributed by atoms with E-state index in [9.17, 15) is 0 Å². The fourth-order valence-corrected chi connectivity index (χ4v) is 1.19. The van der Waals surface area contributed by atoms with Crippen molar-refractivity contribution in [1.29, 1.82) is 0 Å². The second kappa shape index (κ2) is 5.12. The highest BCUT2D eigenvalue weighted by atomic mass is 16.5. The van der Waals surface area contributed by atoms with E-state index in [1.54, 1.807) is 11.8 Å². The van der Waals surface area contributed by atoms with Crippen molar-refractivity contribution in [3.63, 3.8) is 0 Å². The van der Waals surface area contributed by atoms with Gasteiger partial charge in [-0.3, -0.25) is 4.68 Å². The summed E-state index contributed by atoms with van der Waals surface area (Å²) in [6, 6.07) is 2.35. The van der Waals surface area contributed by atoms with E-state index in [2.05, 4.69) is 24.3 Å². The minimum atomic E-state index is 0.221. The van der Waals surface area contributed by atoms with Gasteiger partial charge in [-0.25, -0.2) is 0 Å². The average Bonchev–Trinajstić information content (AvgIpc) is 2.59. The SMILES string of the molecule is COC(C)C(C)NCc1ccn(C)n1. The second-order valence-electron chi connectivity index (χ2n) is 3.59. The molecule has 0 bridgehead atoms. The zero-order valence-electron chi connectivity index (χ0n) is 9.32. The third-order valence-corrected chi connectivity index (χ3v) is 2.45. The van der Waals surface area contributed by atoms with Crippen LogP contribution in [0.4, 0.5) is 0 Å². The highest BCUT2D eigenvalue weighted by molar-refractivity contribution is 4.98. The van der Waals surface area contributed by atoms with Gasteiger partial charge in [0.15, 0.2) is 0 Å². The van der Waals surface area contributed by atoms with E-state index in [4.69, 9.17) is 4.74 Å². The molecule has 0 fully saturated rings. The zero-order chi connectivity index (χ0) is 10.6. The summed E-state index contributed by atoms with van der Waals surface area (Å²) in [5.74, 6) is 0. The minimum Gasteiger partial charge on any atom is -0.380 e. The van der Waals surface area contributed by atoms with Crippen LogP contribution in [0.3, 0.4) is 0 Å². The van der Waals surface area contributed by atoms with Crippen molar-refractivity contribution in [2.45, 2.75) is 32.5 Å². The maximum Gasteiger partial charge on any atom is 0.0762 e. The van der Waals surface area contributed by atoms with Crippen molar-refractivity contribution in [1.82, 2.24) is 15.1 Å². The van der Waals surface area contributed by atoms with Crippen molar-refractivity contribution in [2.75, 3.05) is 7.11 Å². The Balaban J connectivity index is 2.33. The van der Waals surface area contributed by atoms with E-state index in [1.807, 2.05) is 19.3 Å². The normalized spacial score (nSPS) is 15.4. The van der Waals surface area contributed by atoms with Crippen LogP contribution in [-0.2, 0) is 18.3 Å². The number of aryl methyl sites for hydroxylation is 1.